The van der Waals surface area contributed by atoms with Gasteiger partial charge in [-0.1, -0.05) is 23.7 Å². The summed E-state index contributed by atoms with van der Waals surface area (Å²) in [5, 5.41) is 5.10. The lowest BCUT2D eigenvalue weighted by Gasteiger charge is -2.30. The van der Waals surface area contributed by atoms with Crippen LogP contribution in [0.1, 0.15) is 53.1 Å². The molecule has 2 fully saturated rings. The largest absolute Gasteiger partial charge is 0.376 e. The molecule has 0 unspecified atom stereocenters. The predicted molar refractivity (Wildman–Crippen MR) is 136 cm³/mol. The van der Waals surface area contributed by atoms with Crippen LogP contribution in [0.3, 0.4) is 0 Å². The van der Waals surface area contributed by atoms with Gasteiger partial charge >= 0.3 is 0 Å². The monoisotopic (exact) mass is 480 g/mol. The van der Waals surface area contributed by atoms with E-state index in [1.165, 1.54) is 17.0 Å². The van der Waals surface area contributed by atoms with Crippen molar-refractivity contribution < 1.29 is 4.74 Å². The van der Waals surface area contributed by atoms with E-state index in [0.717, 1.165) is 53.1 Å². The molecule has 3 aromatic rings. The molecule has 0 bridgehead atoms. The van der Waals surface area contributed by atoms with Gasteiger partial charge in [0.1, 0.15) is 0 Å². The minimum Gasteiger partial charge on any atom is -0.376 e. The van der Waals surface area contributed by atoms with Crippen LogP contribution < -0.4 is 5.32 Å². The first-order valence-corrected chi connectivity index (χ1v) is 12.3. The Hall–Kier alpha value is -2.41. The number of pyridine rings is 1. The smallest absolute Gasteiger partial charge is 0.170 e. The minimum absolute atomic E-state index is 0.0241. The zero-order chi connectivity index (χ0) is 23.1. The third-order valence-corrected chi connectivity index (χ3v) is 7.65. The number of halogens is 1. The van der Waals surface area contributed by atoms with Gasteiger partial charge in [0.25, 0.3) is 0 Å². The van der Waals surface area contributed by atoms with Gasteiger partial charge < -0.3 is 19.5 Å². The Bertz CT molecular complexity index is 1170. The van der Waals surface area contributed by atoms with Crippen LogP contribution in [0.25, 0.3) is 5.69 Å². The van der Waals surface area contributed by atoms with Crippen molar-refractivity contribution in [3.63, 3.8) is 0 Å². The number of aromatic nitrogens is 2. The molecule has 33 heavy (non-hydrogen) atoms. The van der Waals surface area contributed by atoms with Gasteiger partial charge in [-0.25, -0.2) is 0 Å². The average Bonchev–Trinajstić information content (AvgIpc) is 3.51. The molecule has 0 spiro atoms. The lowest BCUT2D eigenvalue weighted by atomic mass is 9.96. The maximum atomic E-state index is 6.47. The highest BCUT2D eigenvalue weighted by molar-refractivity contribution is 7.80. The Labute approximate surface area is 205 Å². The second-order valence-corrected chi connectivity index (χ2v) is 9.75. The van der Waals surface area contributed by atoms with E-state index < -0.39 is 0 Å². The molecule has 5 rings (SSSR count). The van der Waals surface area contributed by atoms with Crippen molar-refractivity contribution in [1.82, 2.24) is 19.8 Å². The summed E-state index contributed by atoms with van der Waals surface area (Å²) in [5.41, 5.74) is 6.77. The fourth-order valence-corrected chi connectivity index (χ4v) is 5.73. The van der Waals surface area contributed by atoms with Crippen LogP contribution in [0, 0.1) is 20.8 Å². The number of benzene rings is 1. The molecule has 172 valence electrons. The molecular weight excluding hydrogens is 452 g/mol. The zero-order valence-electron chi connectivity index (χ0n) is 19.2. The fourth-order valence-electron chi connectivity index (χ4n) is 5.24. The first-order chi connectivity index (χ1) is 16.0. The van der Waals surface area contributed by atoms with Gasteiger partial charge in [-0.3, -0.25) is 4.98 Å². The molecule has 0 saturated carbocycles. The first kappa shape index (κ1) is 22.4. The topological polar surface area (TPSA) is 42.3 Å². The van der Waals surface area contributed by atoms with Crippen molar-refractivity contribution in [3.05, 3.63) is 81.9 Å². The van der Waals surface area contributed by atoms with Gasteiger partial charge in [-0.2, -0.15) is 0 Å². The minimum atomic E-state index is -0.0329. The number of aryl methyl sites for hydroxylation is 1. The third-order valence-electron chi connectivity index (χ3n) is 6.89. The highest BCUT2D eigenvalue weighted by Crippen LogP contribution is 2.42. The maximum absolute atomic E-state index is 6.47. The highest BCUT2D eigenvalue weighted by Gasteiger charge is 2.42. The molecule has 5 nitrogen and oxygen atoms in total. The SMILES string of the molecule is Cc1c(Cl)cccc1-n1c(C)cc([C@@H]2[C@H](c3ccccn3)NC(=S)N2C[C@H]2CCCO2)c1C. The Morgan fingerprint density at radius 2 is 2.03 bits per heavy atom. The number of hydrogen-bond acceptors (Lipinski definition) is 3. The number of hydrogen-bond donors (Lipinski definition) is 1. The number of nitrogens with one attached hydrogen (secondary N) is 1. The van der Waals surface area contributed by atoms with Gasteiger partial charge in [0.05, 0.1) is 23.9 Å². The van der Waals surface area contributed by atoms with Crippen LogP contribution >= 0.6 is 23.8 Å². The lowest BCUT2D eigenvalue weighted by molar-refractivity contribution is 0.0842. The Kier molecular flexibility index (Phi) is 6.16. The van der Waals surface area contributed by atoms with E-state index in [4.69, 9.17) is 28.6 Å². The van der Waals surface area contributed by atoms with Crippen LogP contribution in [0.4, 0.5) is 0 Å². The van der Waals surface area contributed by atoms with Crippen LogP contribution in [-0.4, -0.2) is 38.8 Å². The van der Waals surface area contributed by atoms with E-state index in [1.54, 1.807) is 0 Å². The standard InChI is InChI=1S/C26H29ClN4OS/c1-16-14-20(18(3)31(16)23-11-6-9-21(27)17(23)2)25-24(22-10-4-5-12-28-22)29-26(33)30(25)15-19-8-7-13-32-19/h4-6,9-12,14,19,24-25H,7-8,13,15H2,1-3H3,(H,29,33)/t19-,24+,25-/m1/s1. The van der Waals surface area contributed by atoms with Crippen molar-refractivity contribution in [1.29, 1.82) is 0 Å². The molecule has 0 amide bonds. The van der Waals surface area contributed by atoms with E-state index in [0.29, 0.717) is 0 Å². The maximum Gasteiger partial charge on any atom is 0.170 e. The van der Waals surface area contributed by atoms with Gasteiger partial charge in [0.2, 0.25) is 0 Å². The molecule has 0 radical (unpaired) electrons. The highest BCUT2D eigenvalue weighted by atomic mass is 35.5. The van der Waals surface area contributed by atoms with Gasteiger partial charge in [0, 0.05) is 41.4 Å². The second-order valence-electron chi connectivity index (χ2n) is 8.96. The molecule has 7 heteroatoms. The summed E-state index contributed by atoms with van der Waals surface area (Å²) in [4.78, 5) is 6.98. The van der Waals surface area contributed by atoms with Gasteiger partial charge in [-0.15, -0.1) is 0 Å². The molecule has 2 aromatic heterocycles. The Morgan fingerprint density at radius 3 is 2.76 bits per heavy atom. The summed E-state index contributed by atoms with van der Waals surface area (Å²) >= 11 is 12.3. The molecule has 0 aliphatic carbocycles. The van der Waals surface area contributed by atoms with E-state index >= 15 is 0 Å². The van der Waals surface area contributed by atoms with E-state index in [2.05, 4.69) is 58.7 Å². The molecule has 2 aliphatic rings. The van der Waals surface area contributed by atoms with Crippen LogP contribution in [0.5, 0.6) is 0 Å². The number of thiocarbonyl (C=S) groups is 1. The van der Waals surface area contributed by atoms with Crippen molar-refractivity contribution >= 4 is 28.9 Å². The summed E-state index contributed by atoms with van der Waals surface area (Å²) in [7, 11) is 0. The lowest BCUT2D eigenvalue weighted by Crippen LogP contribution is -2.36. The molecule has 1 aromatic carbocycles. The number of rotatable bonds is 5. The predicted octanol–water partition coefficient (Wildman–Crippen LogP) is 5.60. The van der Waals surface area contributed by atoms with Crippen molar-refractivity contribution in [2.75, 3.05) is 13.2 Å². The van der Waals surface area contributed by atoms with Gasteiger partial charge in [0.15, 0.2) is 5.11 Å². The summed E-state index contributed by atoms with van der Waals surface area (Å²) in [5.74, 6) is 0. The van der Waals surface area contributed by atoms with E-state index in [9.17, 15) is 0 Å². The molecule has 1 N–H and O–H groups in total. The third kappa shape index (κ3) is 4.05. The first-order valence-electron chi connectivity index (χ1n) is 11.5. The Morgan fingerprint density at radius 1 is 1.18 bits per heavy atom. The summed E-state index contributed by atoms with van der Waals surface area (Å²) < 4.78 is 8.28. The molecule has 2 aliphatic heterocycles. The zero-order valence-corrected chi connectivity index (χ0v) is 20.8. The average molecular weight is 481 g/mol. The molecule has 2 saturated heterocycles. The quantitative estimate of drug-likeness (QED) is 0.481. The number of nitrogens with zero attached hydrogens (tertiary/aromatic N) is 3. The van der Waals surface area contributed by atoms with Crippen molar-refractivity contribution in [3.8, 4) is 5.69 Å². The van der Waals surface area contributed by atoms with Crippen LogP contribution in [-0.2, 0) is 4.74 Å². The fraction of sp³-hybridized carbons (Fsp3) is 0.385. The summed E-state index contributed by atoms with van der Waals surface area (Å²) in [6.45, 7) is 8.01. The normalized spacial score (nSPS) is 22.7. The van der Waals surface area contributed by atoms with Crippen molar-refractivity contribution in [2.24, 2.45) is 0 Å². The second kappa shape index (κ2) is 9.09. The van der Waals surface area contributed by atoms with E-state index in [-0.39, 0.29) is 18.2 Å². The summed E-state index contributed by atoms with van der Waals surface area (Å²) in [6.07, 6.45) is 4.22. The number of ether oxygens (including phenoxy) is 1. The molecule has 3 atom stereocenters. The molecule has 4 heterocycles. The van der Waals surface area contributed by atoms with Crippen LogP contribution in [0.2, 0.25) is 5.02 Å². The van der Waals surface area contributed by atoms with Crippen LogP contribution in [0.15, 0.2) is 48.7 Å². The Balaban J connectivity index is 1.61. The van der Waals surface area contributed by atoms with Gasteiger partial charge in [-0.05, 0) is 87.3 Å². The summed E-state index contributed by atoms with van der Waals surface area (Å²) in [6, 6.07) is 14.4. The molecular formula is C26H29ClN4OS. The van der Waals surface area contributed by atoms with Crippen molar-refractivity contribution in [2.45, 2.75) is 51.8 Å². The van der Waals surface area contributed by atoms with E-state index in [1.807, 2.05) is 30.5 Å².